The molecule has 0 atom stereocenters. The topological polar surface area (TPSA) is 51.8 Å². The van der Waals surface area contributed by atoms with Gasteiger partial charge in [-0.25, -0.2) is 9.97 Å². The SMILES string of the molecule is Cc1nc(Sc2cccc(N)c2)nc(C)c1C. The number of nitrogens with two attached hydrogens (primary N) is 1. The van der Waals surface area contributed by atoms with Gasteiger partial charge in [0.2, 0.25) is 0 Å². The molecule has 0 saturated carbocycles. The highest BCUT2D eigenvalue weighted by Crippen LogP contribution is 2.27. The molecule has 0 saturated heterocycles. The second-order valence-electron chi connectivity index (χ2n) is 3.98. The summed E-state index contributed by atoms with van der Waals surface area (Å²) in [6.07, 6.45) is 0. The van der Waals surface area contributed by atoms with Crippen molar-refractivity contribution >= 4 is 17.4 Å². The standard InChI is InChI=1S/C13H15N3S/c1-8-9(2)15-13(16-10(8)3)17-12-6-4-5-11(14)7-12/h4-7H,14H2,1-3H3. The van der Waals surface area contributed by atoms with Gasteiger partial charge in [-0.15, -0.1) is 0 Å². The number of hydrogen-bond acceptors (Lipinski definition) is 4. The molecule has 2 aromatic rings. The van der Waals surface area contributed by atoms with Gasteiger partial charge in [0.1, 0.15) is 0 Å². The minimum Gasteiger partial charge on any atom is -0.399 e. The quantitative estimate of drug-likeness (QED) is 0.652. The molecule has 88 valence electrons. The zero-order chi connectivity index (χ0) is 12.4. The number of benzene rings is 1. The molecule has 1 aromatic heterocycles. The molecule has 0 radical (unpaired) electrons. The molecule has 0 aliphatic heterocycles. The minimum absolute atomic E-state index is 0.760. The van der Waals surface area contributed by atoms with Crippen molar-refractivity contribution in [2.45, 2.75) is 30.8 Å². The summed E-state index contributed by atoms with van der Waals surface area (Å²) in [5.41, 5.74) is 9.72. The molecule has 0 fully saturated rings. The second kappa shape index (κ2) is 4.75. The molecular weight excluding hydrogens is 230 g/mol. The summed E-state index contributed by atoms with van der Waals surface area (Å²) in [4.78, 5) is 10.0. The predicted molar refractivity (Wildman–Crippen MR) is 71.2 cm³/mol. The number of nitrogens with zero attached hydrogens (tertiary/aromatic N) is 2. The first-order chi connectivity index (χ1) is 8.06. The van der Waals surface area contributed by atoms with Crippen LogP contribution < -0.4 is 5.73 Å². The number of hydrogen-bond donors (Lipinski definition) is 1. The van der Waals surface area contributed by atoms with Crippen molar-refractivity contribution in [3.8, 4) is 0 Å². The lowest BCUT2D eigenvalue weighted by Crippen LogP contribution is -1.97. The first kappa shape index (κ1) is 11.9. The van der Waals surface area contributed by atoms with Crippen LogP contribution in [0.25, 0.3) is 0 Å². The third-order valence-corrected chi connectivity index (χ3v) is 3.53. The zero-order valence-electron chi connectivity index (χ0n) is 10.2. The number of rotatable bonds is 2. The maximum Gasteiger partial charge on any atom is 0.192 e. The number of anilines is 1. The summed E-state index contributed by atoms with van der Waals surface area (Å²) in [6, 6.07) is 7.75. The monoisotopic (exact) mass is 245 g/mol. The second-order valence-corrected chi connectivity index (χ2v) is 5.02. The van der Waals surface area contributed by atoms with Gasteiger partial charge in [0.15, 0.2) is 5.16 Å². The summed E-state index contributed by atoms with van der Waals surface area (Å²) >= 11 is 1.54. The molecule has 1 heterocycles. The fourth-order valence-electron chi connectivity index (χ4n) is 1.47. The van der Waals surface area contributed by atoms with E-state index in [2.05, 4.69) is 9.97 Å². The van der Waals surface area contributed by atoms with Crippen LogP contribution in [0, 0.1) is 20.8 Å². The number of aryl methyl sites for hydroxylation is 2. The molecule has 3 nitrogen and oxygen atoms in total. The average molecular weight is 245 g/mol. The Hall–Kier alpha value is -1.55. The average Bonchev–Trinajstić information content (AvgIpc) is 2.26. The van der Waals surface area contributed by atoms with E-state index in [-0.39, 0.29) is 0 Å². The summed E-state index contributed by atoms with van der Waals surface area (Å²) in [5.74, 6) is 0. The van der Waals surface area contributed by atoms with E-state index in [1.807, 2.05) is 45.0 Å². The van der Waals surface area contributed by atoms with Crippen LogP contribution in [0.3, 0.4) is 0 Å². The van der Waals surface area contributed by atoms with Gasteiger partial charge in [-0.3, -0.25) is 0 Å². The predicted octanol–water partition coefficient (Wildman–Crippen LogP) is 3.14. The molecule has 1 aromatic carbocycles. The fourth-order valence-corrected chi connectivity index (χ4v) is 2.39. The number of aromatic nitrogens is 2. The largest absolute Gasteiger partial charge is 0.399 e. The van der Waals surface area contributed by atoms with E-state index in [4.69, 9.17) is 5.73 Å². The highest BCUT2D eigenvalue weighted by molar-refractivity contribution is 7.99. The van der Waals surface area contributed by atoms with E-state index < -0.39 is 0 Å². The van der Waals surface area contributed by atoms with Gasteiger partial charge in [0.25, 0.3) is 0 Å². The molecule has 0 spiro atoms. The van der Waals surface area contributed by atoms with Gasteiger partial charge in [-0.05, 0) is 56.3 Å². The zero-order valence-corrected chi connectivity index (χ0v) is 11.0. The van der Waals surface area contributed by atoms with E-state index >= 15 is 0 Å². The number of nitrogen functional groups attached to an aromatic ring is 1. The van der Waals surface area contributed by atoms with E-state index in [9.17, 15) is 0 Å². The van der Waals surface area contributed by atoms with Crippen LogP contribution in [0.2, 0.25) is 0 Å². The maximum atomic E-state index is 5.74. The summed E-state index contributed by atoms with van der Waals surface area (Å²) in [5, 5.41) is 0.774. The van der Waals surface area contributed by atoms with Crippen molar-refractivity contribution in [3.05, 3.63) is 41.2 Å². The highest BCUT2D eigenvalue weighted by Gasteiger charge is 2.06. The molecule has 0 bridgehead atoms. The van der Waals surface area contributed by atoms with Crippen LogP contribution in [0.15, 0.2) is 34.3 Å². The van der Waals surface area contributed by atoms with Crippen molar-refractivity contribution in [2.24, 2.45) is 0 Å². The summed E-state index contributed by atoms with van der Waals surface area (Å²) < 4.78 is 0. The molecule has 0 aliphatic rings. The van der Waals surface area contributed by atoms with Crippen LogP contribution in [0.5, 0.6) is 0 Å². The molecule has 17 heavy (non-hydrogen) atoms. The molecule has 2 rings (SSSR count). The molecule has 2 N–H and O–H groups in total. The Bertz CT molecular complexity index is 529. The Morgan fingerprint density at radius 2 is 1.71 bits per heavy atom. The highest BCUT2D eigenvalue weighted by atomic mass is 32.2. The van der Waals surface area contributed by atoms with Crippen molar-refractivity contribution in [1.82, 2.24) is 9.97 Å². The van der Waals surface area contributed by atoms with Crippen LogP contribution in [-0.2, 0) is 0 Å². The van der Waals surface area contributed by atoms with Crippen LogP contribution in [-0.4, -0.2) is 9.97 Å². The Balaban J connectivity index is 2.31. The Morgan fingerprint density at radius 1 is 1.06 bits per heavy atom. The van der Waals surface area contributed by atoms with Gasteiger partial charge >= 0.3 is 0 Å². The van der Waals surface area contributed by atoms with E-state index in [0.717, 1.165) is 32.7 Å². The van der Waals surface area contributed by atoms with Crippen molar-refractivity contribution in [1.29, 1.82) is 0 Å². The smallest absolute Gasteiger partial charge is 0.192 e. The first-order valence-electron chi connectivity index (χ1n) is 5.41. The minimum atomic E-state index is 0.760. The van der Waals surface area contributed by atoms with Crippen LogP contribution in [0.4, 0.5) is 5.69 Å². The van der Waals surface area contributed by atoms with Crippen molar-refractivity contribution < 1.29 is 0 Å². The molecule has 0 aliphatic carbocycles. The maximum absolute atomic E-state index is 5.74. The lowest BCUT2D eigenvalue weighted by atomic mass is 10.2. The lowest BCUT2D eigenvalue weighted by Gasteiger charge is -2.06. The lowest BCUT2D eigenvalue weighted by molar-refractivity contribution is 0.881. The molecule has 0 unspecified atom stereocenters. The Labute approximate surface area is 105 Å². The van der Waals surface area contributed by atoms with Gasteiger partial charge in [-0.1, -0.05) is 6.07 Å². The Morgan fingerprint density at radius 3 is 2.29 bits per heavy atom. The molecular formula is C13H15N3S. The van der Waals surface area contributed by atoms with Crippen molar-refractivity contribution in [2.75, 3.05) is 5.73 Å². The fraction of sp³-hybridized carbons (Fsp3) is 0.231. The summed E-state index contributed by atoms with van der Waals surface area (Å²) in [7, 11) is 0. The van der Waals surface area contributed by atoms with E-state index in [1.165, 1.54) is 11.8 Å². The Kier molecular flexibility index (Phi) is 3.33. The third kappa shape index (κ3) is 2.77. The van der Waals surface area contributed by atoms with E-state index in [0.29, 0.717) is 0 Å². The van der Waals surface area contributed by atoms with Crippen LogP contribution in [0.1, 0.15) is 17.0 Å². The first-order valence-corrected chi connectivity index (χ1v) is 6.23. The van der Waals surface area contributed by atoms with Gasteiger partial charge in [0, 0.05) is 22.0 Å². The molecule has 4 heteroatoms. The third-order valence-electron chi connectivity index (χ3n) is 2.68. The van der Waals surface area contributed by atoms with Crippen molar-refractivity contribution in [3.63, 3.8) is 0 Å². The van der Waals surface area contributed by atoms with Gasteiger partial charge < -0.3 is 5.73 Å². The van der Waals surface area contributed by atoms with Gasteiger partial charge in [-0.2, -0.15) is 0 Å². The normalized spacial score (nSPS) is 10.5. The van der Waals surface area contributed by atoms with E-state index in [1.54, 1.807) is 0 Å². The van der Waals surface area contributed by atoms with Crippen LogP contribution >= 0.6 is 11.8 Å². The molecule has 0 amide bonds. The summed E-state index contributed by atoms with van der Waals surface area (Å²) in [6.45, 7) is 6.06. The van der Waals surface area contributed by atoms with Gasteiger partial charge in [0.05, 0.1) is 0 Å².